The average molecular weight is 518 g/mol. The minimum Gasteiger partial charge on any atom is -0.490 e. The van der Waals surface area contributed by atoms with Crippen molar-refractivity contribution >= 4 is 22.6 Å². The van der Waals surface area contributed by atoms with Crippen molar-refractivity contribution in [3.63, 3.8) is 0 Å². The molecule has 1 amide bonds. The predicted molar refractivity (Wildman–Crippen MR) is 148 cm³/mol. The molecule has 0 N–H and O–H groups in total. The Balaban J connectivity index is 1.14. The molecule has 3 aromatic rings. The third-order valence-corrected chi connectivity index (χ3v) is 8.11. The minimum atomic E-state index is 0.0963. The monoisotopic (exact) mass is 517 g/mol. The number of amides is 1. The number of benzene rings is 2. The van der Waals surface area contributed by atoms with Crippen LogP contribution >= 0.6 is 0 Å². The van der Waals surface area contributed by atoms with Gasteiger partial charge in [0.25, 0.3) is 5.91 Å². The Hall–Kier alpha value is -3.19. The van der Waals surface area contributed by atoms with Gasteiger partial charge in [-0.15, -0.1) is 0 Å². The average Bonchev–Trinajstić information content (AvgIpc) is 3.59. The zero-order valence-electron chi connectivity index (χ0n) is 22.7. The largest absolute Gasteiger partial charge is 0.490 e. The molecule has 2 heterocycles. The second-order valence-corrected chi connectivity index (χ2v) is 10.8. The molecule has 2 aromatic carbocycles. The Morgan fingerprint density at radius 1 is 1.00 bits per heavy atom. The molecule has 1 aliphatic heterocycles. The Morgan fingerprint density at radius 2 is 1.74 bits per heavy atom. The number of likely N-dealkylation sites (tertiary alicyclic amines) is 1. The maximum Gasteiger partial charge on any atom is 0.253 e. The van der Waals surface area contributed by atoms with Crippen molar-refractivity contribution in [2.75, 3.05) is 26.8 Å². The fraction of sp³-hybridized carbons (Fsp3) is 0.516. The van der Waals surface area contributed by atoms with Crippen molar-refractivity contribution in [1.82, 2.24) is 14.7 Å². The summed E-state index contributed by atoms with van der Waals surface area (Å²) in [5.41, 5.74) is 3.42. The summed E-state index contributed by atoms with van der Waals surface area (Å²) in [4.78, 5) is 27.7. The molecule has 5 rings (SSSR count). The van der Waals surface area contributed by atoms with Crippen molar-refractivity contribution < 1.29 is 19.1 Å². The van der Waals surface area contributed by atoms with E-state index in [4.69, 9.17) is 14.6 Å². The van der Waals surface area contributed by atoms with Crippen LogP contribution in [0.25, 0.3) is 10.9 Å². The van der Waals surface area contributed by atoms with Gasteiger partial charge in [0.2, 0.25) is 0 Å². The number of nitrogens with zero attached hydrogens (tertiary/aromatic N) is 3. The summed E-state index contributed by atoms with van der Waals surface area (Å²) in [5, 5.41) is 5.82. The van der Waals surface area contributed by atoms with Crippen LogP contribution in [0.3, 0.4) is 0 Å². The van der Waals surface area contributed by atoms with Crippen LogP contribution in [0.1, 0.15) is 77.6 Å². The standard InChI is InChI=1S/C31H39N3O4/c1-22-27(30(35)8-5-19-37-2)13-14-29-28(22)21-34(32-29)20-23-15-17-33(18-16-23)31(36)24-9-11-26(12-10-24)38-25-6-3-4-7-25/h9-14,21,23,25H,3-8,15-20H2,1-2H3. The van der Waals surface area contributed by atoms with Gasteiger partial charge in [-0.3, -0.25) is 14.3 Å². The molecule has 0 radical (unpaired) electrons. The maximum absolute atomic E-state index is 13.1. The summed E-state index contributed by atoms with van der Waals surface area (Å²) < 4.78 is 13.1. The SMILES string of the molecule is COCCCC(=O)c1ccc2nn(CC3CCN(C(=O)c4ccc(OC5CCCC5)cc4)CC3)cc2c1C. The number of Topliss-reactive ketones (excluding diaryl/α,β-unsaturated/α-hetero) is 1. The fourth-order valence-electron chi connectivity index (χ4n) is 5.83. The van der Waals surface area contributed by atoms with E-state index in [-0.39, 0.29) is 11.7 Å². The van der Waals surface area contributed by atoms with E-state index in [0.29, 0.717) is 25.0 Å². The van der Waals surface area contributed by atoms with Crippen LogP contribution in [-0.4, -0.2) is 59.3 Å². The highest BCUT2D eigenvalue weighted by atomic mass is 16.5. The molecule has 0 spiro atoms. The zero-order valence-corrected chi connectivity index (χ0v) is 22.7. The number of rotatable bonds is 10. The van der Waals surface area contributed by atoms with Crippen molar-refractivity contribution in [2.45, 2.75) is 70.9 Å². The highest BCUT2D eigenvalue weighted by Gasteiger charge is 2.25. The van der Waals surface area contributed by atoms with E-state index in [0.717, 1.165) is 85.1 Å². The summed E-state index contributed by atoms with van der Waals surface area (Å²) >= 11 is 0. The first-order valence-corrected chi connectivity index (χ1v) is 14.1. The number of aryl methyl sites for hydroxylation is 1. The normalized spacial score (nSPS) is 16.8. The first kappa shape index (κ1) is 26.4. The van der Waals surface area contributed by atoms with Gasteiger partial charge >= 0.3 is 0 Å². The summed E-state index contributed by atoms with van der Waals surface area (Å²) in [6.07, 6.45) is 10.2. The number of ether oxygens (including phenoxy) is 2. The van der Waals surface area contributed by atoms with Crippen molar-refractivity contribution in [3.8, 4) is 5.75 Å². The second-order valence-electron chi connectivity index (χ2n) is 10.8. The number of hydrogen-bond donors (Lipinski definition) is 0. The van der Waals surface area contributed by atoms with E-state index in [1.165, 1.54) is 12.8 Å². The zero-order chi connectivity index (χ0) is 26.5. The molecule has 202 valence electrons. The van der Waals surface area contributed by atoms with Crippen LogP contribution in [0.5, 0.6) is 5.75 Å². The molecule has 0 unspecified atom stereocenters. The number of piperidine rings is 1. The van der Waals surface area contributed by atoms with E-state index < -0.39 is 0 Å². The van der Waals surface area contributed by atoms with Crippen LogP contribution in [0.2, 0.25) is 0 Å². The summed E-state index contributed by atoms with van der Waals surface area (Å²) in [6.45, 7) is 4.93. The molecule has 38 heavy (non-hydrogen) atoms. The summed E-state index contributed by atoms with van der Waals surface area (Å²) in [7, 11) is 1.66. The van der Waals surface area contributed by atoms with Crippen LogP contribution in [-0.2, 0) is 11.3 Å². The lowest BCUT2D eigenvalue weighted by atomic mass is 9.96. The number of methoxy groups -OCH3 is 1. The first-order valence-electron chi connectivity index (χ1n) is 14.1. The van der Waals surface area contributed by atoms with E-state index in [1.807, 2.05) is 52.9 Å². The fourth-order valence-corrected chi connectivity index (χ4v) is 5.83. The third kappa shape index (κ3) is 6.09. The molecule has 2 aliphatic rings. The van der Waals surface area contributed by atoms with Gasteiger partial charge in [0.05, 0.1) is 11.6 Å². The van der Waals surface area contributed by atoms with Crippen LogP contribution in [0.4, 0.5) is 0 Å². The number of carbonyl (C=O) groups is 2. The van der Waals surface area contributed by atoms with E-state index in [1.54, 1.807) is 7.11 Å². The van der Waals surface area contributed by atoms with Crippen LogP contribution in [0, 0.1) is 12.8 Å². The first-order chi connectivity index (χ1) is 18.5. The molecule has 7 nitrogen and oxygen atoms in total. The highest BCUT2D eigenvalue weighted by molar-refractivity contribution is 6.01. The number of carbonyl (C=O) groups excluding carboxylic acids is 2. The van der Waals surface area contributed by atoms with Gasteiger partial charge in [-0.1, -0.05) is 0 Å². The molecule has 2 fully saturated rings. The molecule has 7 heteroatoms. The van der Waals surface area contributed by atoms with E-state index in [2.05, 4.69) is 6.20 Å². The quantitative estimate of drug-likeness (QED) is 0.250. The summed E-state index contributed by atoms with van der Waals surface area (Å²) in [5.74, 6) is 1.57. The van der Waals surface area contributed by atoms with Crippen molar-refractivity contribution in [3.05, 3.63) is 59.3 Å². The van der Waals surface area contributed by atoms with Crippen LogP contribution < -0.4 is 4.74 Å². The molecule has 0 bridgehead atoms. The molecule has 1 aliphatic carbocycles. The minimum absolute atomic E-state index is 0.0963. The highest BCUT2D eigenvalue weighted by Crippen LogP contribution is 2.27. The van der Waals surface area contributed by atoms with E-state index >= 15 is 0 Å². The number of fused-ring (bicyclic) bond motifs is 1. The Labute approximate surface area is 225 Å². The van der Waals surface area contributed by atoms with Gasteiger partial charge in [-0.2, -0.15) is 5.10 Å². The predicted octanol–water partition coefficient (Wildman–Crippen LogP) is 5.83. The lowest BCUT2D eigenvalue weighted by molar-refractivity contribution is 0.0681. The van der Waals surface area contributed by atoms with Gasteiger partial charge in [-0.25, -0.2) is 0 Å². The molecular formula is C31H39N3O4. The Morgan fingerprint density at radius 3 is 2.45 bits per heavy atom. The van der Waals surface area contributed by atoms with Crippen molar-refractivity contribution in [1.29, 1.82) is 0 Å². The Kier molecular flexibility index (Phi) is 8.42. The number of ketones is 1. The van der Waals surface area contributed by atoms with Gasteiger partial charge in [0.15, 0.2) is 5.78 Å². The van der Waals surface area contributed by atoms with Crippen molar-refractivity contribution in [2.24, 2.45) is 5.92 Å². The van der Waals surface area contributed by atoms with E-state index in [9.17, 15) is 9.59 Å². The smallest absolute Gasteiger partial charge is 0.253 e. The van der Waals surface area contributed by atoms with Gasteiger partial charge in [0.1, 0.15) is 5.75 Å². The second kappa shape index (κ2) is 12.1. The lowest BCUT2D eigenvalue weighted by Gasteiger charge is -2.32. The van der Waals surface area contributed by atoms with Crippen LogP contribution in [0.15, 0.2) is 42.6 Å². The lowest BCUT2D eigenvalue weighted by Crippen LogP contribution is -2.39. The molecule has 0 atom stereocenters. The molecule has 1 saturated carbocycles. The van der Waals surface area contributed by atoms with Gasteiger partial charge in [0, 0.05) is 62.5 Å². The Bertz CT molecular complexity index is 1250. The summed E-state index contributed by atoms with van der Waals surface area (Å²) in [6, 6.07) is 11.5. The number of aromatic nitrogens is 2. The van der Waals surface area contributed by atoms with Gasteiger partial charge < -0.3 is 14.4 Å². The third-order valence-electron chi connectivity index (χ3n) is 8.11. The topological polar surface area (TPSA) is 73.7 Å². The molecular weight excluding hydrogens is 478 g/mol. The molecule has 1 aromatic heterocycles. The number of hydrogen-bond acceptors (Lipinski definition) is 5. The maximum atomic E-state index is 13.1. The van der Waals surface area contributed by atoms with Gasteiger partial charge in [-0.05, 0) is 99.7 Å². The molecule has 1 saturated heterocycles.